The van der Waals surface area contributed by atoms with E-state index < -0.39 is 37.6 Å². The van der Waals surface area contributed by atoms with Crippen LogP contribution in [0.5, 0.6) is 0 Å². The van der Waals surface area contributed by atoms with Crippen molar-refractivity contribution in [1.29, 1.82) is 0 Å². The van der Waals surface area contributed by atoms with Crippen LogP contribution < -0.4 is 14.8 Å². The van der Waals surface area contributed by atoms with Crippen molar-refractivity contribution in [2.75, 3.05) is 29.5 Å². The monoisotopic (exact) mass is 638 g/mol. The zero-order valence-corrected chi connectivity index (χ0v) is 24.3. The van der Waals surface area contributed by atoms with Gasteiger partial charge in [-0.15, -0.1) is 0 Å². The van der Waals surface area contributed by atoms with Gasteiger partial charge >= 0.3 is 0 Å². The number of amides is 1. The molecule has 0 fully saturated rings. The van der Waals surface area contributed by atoms with E-state index in [-0.39, 0.29) is 19.5 Å². The molecule has 3 aromatic rings. The average Bonchev–Trinajstić information content (AvgIpc) is 3.29. The lowest BCUT2D eigenvalue weighted by Crippen LogP contribution is -2.44. The van der Waals surface area contributed by atoms with E-state index in [9.17, 15) is 26.2 Å². The summed E-state index contributed by atoms with van der Waals surface area (Å²) in [5.74, 6) is -1.47. The zero-order valence-electron chi connectivity index (χ0n) is 19.5. The molecule has 0 radical (unpaired) electrons. The number of nitrogens with zero attached hydrogens (tertiary/aromatic N) is 2. The highest BCUT2D eigenvalue weighted by Gasteiger charge is 2.29. The van der Waals surface area contributed by atoms with Gasteiger partial charge in [0.25, 0.3) is 31.2 Å². The smallest absolute Gasteiger partial charge is 0.286 e. The number of hydrogen-bond donors (Lipinski definition) is 3. The van der Waals surface area contributed by atoms with Crippen LogP contribution in [0.15, 0.2) is 46.3 Å². The molecule has 0 aliphatic carbocycles. The summed E-state index contributed by atoms with van der Waals surface area (Å²) in [6.45, 7) is -0.0964. The minimum Gasteiger partial charge on any atom is -0.349 e. The molecule has 0 spiro atoms. The van der Waals surface area contributed by atoms with Crippen molar-refractivity contribution in [1.82, 2.24) is 5.32 Å². The van der Waals surface area contributed by atoms with E-state index in [1.54, 1.807) is 28.8 Å². The van der Waals surface area contributed by atoms with Gasteiger partial charge in [0.05, 0.1) is 28.3 Å². The van der Waals surface area contributed by atoms with Gasteiger partial charge in [0.15, 0.2) is 0 Å². The van der Waals surface area contributed by atoms with E-state index in [2.05, 4.69) is 5.32 Å². The third-order valence-corrected chi connectivity index (χ3v) is 9.62. The molecule has 0 atom stereocenters. The van der Waals surface area contributed by atoms with E-state index in [0.29, 0.717) is 27.1 Å². The van der Waals surface area contributed by atoms with Gasteiger partial charge in [-0.25, -0.2) is 0 Å². The Hall–Kier alpha value is -1.91. The van der Waals surface area contributed by atoms with Crippen molar-refractivity contribution in [3.8, 4) is 0 Å². The van der Waals surface area contributed by atoms with Gasteiger partial charge in [0, 0.05) is 34.1 Å². The first kappa shape index (κ1) is 29.1. The molecule has 2 heterocycles. The highest BCUT2D eigenvalue weighted by molar-refractivity contribution is 8.04. The molecule has 3 N–H and O–H groups in total. The number of rotatable bonds is 10. The van der Waals surface area contributed by atoms with E-state index in [1.807, 2.05) is 23.1 Å². The van der Waals surface area contributed by atoms with Gasteiger partial charge in [-0.3, -0.25) is 13.9 Å². The zero-order chi connectivity index (χ0) is 27.7. The van der Waals surface area contributed by atoms with Crippen LogP contribution in [0.25, 0.3) is 16.3 Å². The summed E-state index contributed by atoms with van der Waals surface area (Å²) >= 11 is 15.3. The molecular formula is C22H22Cl2N3O7S4+. The predicted molar refractivity (Wildman–Crippen MR) is 150 cm³/mol. The number of benzene rings is 2. The second kappa shape index (κ2) is 11.7. The summed E-state index contributed by atoms with van der Waals surface area (Å²) in [6.07, 6.45) is 2.04. The number of thiazole rings is 1. The lowest BCUT2D eigenvalue weighted by Gasteiger charge is -2.20. The van der Waals surface area contributed by atoms with E-state index >= 15 is 0 Å². The minimum atomic E-state index is -4.22. The van der Waals surface area contributed by atoms with Crippen LogP contribution in [-0.2, 0) is 31.6 Å². The number of hydrogen-bond acceptors (Lipinski definition) is 8. The number of carbonyl (C=O) groups is 1. The van der Waals surface area contributed by atoms with Gasteiger partial charge in [0.2, 0.25) is 12.1 Å². The number of halogens is 2. The second-order valence-electron chi connectivity index (χ2n) is 8.26. The maximum Gasteiger partial charge on any atom is 0.286 e. The van der Waals surface area contributed by atoms with E-state index in [1.165, 1.54) is 23.1 Å². The number of aromatic nitrogens is 1. The van der Waals surface area contributed by atoms with Crippen molar-refractivity contribution >= 4 is 94.4 Å². The van der Waals surface area contributed by atoms with Crippen LogP contribution in [-0.4, -0.2) is 56.4 Å². The molecule has 1 aromatic heterocycles. The van der Waals surface area contributed by atoms with Crippen molar-refractivity contribution < 1.29 is 35.3 Å². The molecule has 10 nitrogen and oxygen atoms in total. The number of nitrogens with one attached hydrogen (secondary N) is 1. The highest BCUT2D eigenvalue weighted by atomic mass is 35.5. The Labute approximate surface area is 237 Å². The molecule has 16 heteroatoms. The minimum absolute atomic E-state index is 0.142. The molecule has 0 saturated carbocycles. The summed E-state index contributed by atoms with van der Waals surface area (Å²) < 4.78 is 65.2. The Morgan fingerprint density at radius 1 is 1.03 bits per heavy atom. The van der Waals surface area contributed by atoms with Gasteiger partial charge < -0.3 is 10.2 Å². The van der Waals surface area contributed by atoms with Gasteiger partial charge in [-0.2, -0.15) is 21.4 Å². The molecule has 0 saturated heterocycles. The fraction of sp³-hybridized carbons (Fsp3) is 0.273. The SMILES string of the molecule is O=C(C[n+]1c(C=C2Sc3ccc(Cl)cc3N2CCCS(=O)(=O)O)sc2ccc(Cl)cc21)NCCS(=O)(=O)O. The topological polar surface area (TPSA) is 145 Å². The Kier molecular flexibility index (Phi) is 8.94. The fourth-order valence-corrected chi connectivity index (χ4v) is 7.23. The van der Waals surface area contributed by atoms with Crippen LogP contribution in [0.4, 0.5) is 5.69 Å². The first-order valence-electron chi connectivity index (χ1n) is 11.0. The third kappa shape index (κ3) is 7.60. The Morgan fingerprint density at radius 2 is 1.71 bits per heavy atom. The molecule has 0 bridgehead atoms. The van der Waals surface area contributed by atoms with Crippen LogP contribution in [0.2, 0.25) is 10.0 Å². The lowest BCUT2D eigenvalue weighted by atomic mass is 10.2. The molecule has 1 amide bonds. The molecule has 1 aliphatic rings. The maximum absolute atomic E-state index is 12.7. The summed E-state index contributed by atoms with van der Waals surface area (Å²) in [5, 5.41) is 4.92. The van der Waals surface area contributed by atoms with Gasteiger partial charge in [-0.05, 0) is 36.8 Å². The second-order valence-corrected chi connectivity index (χ2v) is 14.4. The summed E-state index contributed by atoms with van der Waals surface area (Å²) in [6, 6.07) is 10.7. The molecule has 204 valence electrons. The van der Waals surface area contributed by atoms with Crippen molar-refractivity contribution in [3.63, 3.8) is 0 Å². The van der Waals surface area contributed by atoms with Crippen LogP contribution in [0.3, 0.4) is 0 Å². The number of anilines is 1. The molecule has 38 heavy (non-hydrogen) atoms. The Balaban J connectivity index is 1.69. The molecule has 4 rings (SSSR count). The number of fused-ring (bicyclic) bond motifs is 2. The molecular weight excluding hydrogens is 617 g/mol. The van der Waals surface area contributed by atoms with Gasteiger partial charge in [-0.1, -0.05) is 46.3 Å². The first-order valence-corrected chi connectivity index (χ1v) is 16.7. The molecule has 1 aliphatic heterocycles. The van der Waals surface area contributed by atoms with Crippen LogP contribution >= 0.6 is 46.3 Å². The normalized spacial score (nSPS) is 14.8. The summed E-state index contributed by atoms with van der Waals surface area (Å²) in [5.41, 5.74) is 1.49. The van der Waals surface area contributed by atoms with E-state index in [4.69, 9.17) is 27.8 Å². The summed E-state index contributed by atoms with van der Waals surface area (Å²) in [7, 11) is -8.34. The highest BCUT2D eigenvalue weighted by Crippen LogP contribution is 2.47. The number of carbonyl (C=O) groups excluding carboxylic acids is 1. The fourth-order valence-electron chi connectivity index (χ4n) is 3.79. The lowest BCUT2D eigenvalue weighted by molar-refractivity contribution is -0.655. The quantitative estimate of drug-likeness (QED) is 0.224. The maximum atomic E-state index is 12.7. The predicted octanol–water partition coefficient (Wildman–Crippen LogP) is 3.69. The average molecular weight is 640 g/mol. The van der Waals surface area contributed by atoms with Gasteiger partial charge in [0.1, 0.15) is 4.70 Å². The third-order valence-electron chi connectivity index (χ3n) is 5.40. The van der Waals surface area contributed by atoms with Crippen molar-refractivity contribution in [2.24, 2.45) is 0 Å². The Morgan fingerprint density at radius 3 is 2.42 bits per heavy atom. The standard InChI is InChI=1S/C22H21Cl2N3O7S4/c23-14-2-4-18-16(10-14)26(7-1-8-37(29,30)31)21(35-18)12-22-27(13-20(28)25-6-9-38(32,33)34)17-11-15(24)3-5-19(17)36-22/h2-5,10-12H,1,6-9,13H2,(H2-,25,28,29,30,31,32,33,34)/p+1. The number of thioether (sulfide) groups is 1. The molecule has 0 unspecified atom stereocenters. The molecule has 2 aromatic carbocycles. The van der Waals surface area contributed by atoms with Crippen LogP contribution in [0.1, 0.15) is 11.4 Å². The van der Waals surface area contributed by atoms with E-state index in [0.717, 1.165) is 20.3 Å². The Bertz CT molecular complexity index is 1640. The van der Waals surface area contributed by atoms with Crippen LogP contribution in [0, 0.1) is 0 Å². The summed E-state index contributed by atoms with van der Waals surface area (Å²) in [4.78, 5) is 15.5. The first-order chi connectivity index (χ1) is 17.8. The van der Waals surface area contributed by atoms with Crippen molar-refractivity contribution in [3.05, 3.63) is 56.5 Å². The van der Waals surface area contributed by atoms with Crippen molar-refractivity contribution in [2.45, 2.75) is 17.9 Å². The largest absolute Gasteiger partial charge is 0.349 e.